The van der Waals surface area contributed by atoms with E-state index in [0.29, 0.717) is 19.0 Å². The van der Waals surface area contributed by atoms with Crippen LogP contribution in [-0.4, -0.2) is 104 Å². The Morgan fingerprint density at radius 1 is 1.16 bits per heavy atom. The summed E-state index contributed by atoms with van der Waals surface area (Å²) in [4.78, 5) is 12.5. The first-order valence-electron chi connectivity index (χ1n) is 11.4. The normalized spacial score (nSPS) is 21.7. The van der Waals surface area contributed by atoms with Crippen molar-refractivity contribution in [3.63, 3.8) is 0 Å². The van der Waals surface area contributed by atoms with E-state index in [-0.39, 0.29) is 18.1 Å². The first-order valence-corrected chi connectivity index (χ1v) is 14.7. The Balaban J connectivity index is 2.28. The molecular formula is C22H35NO12S2. The second-order valence-corrected chi connectivity index (χ2v) is 12.2. The van der Waals surface area contributed by atoms with Gasteiger partial charge in [0.05, 0.1) is 43.7 Å². The molecule has 0 aliphatic carbocycles. The van der Waals surface area contributed by atoms with E-state index in [1.807, 2.05) is 6.92 Å². The fourth-order valence-corrected chi connectivity index (χ4v) is 5.01. The van der Waals surface area contributed by atoms with Crippen molar-refractivity contribution in [3.05, 3.63) is 24.3 Å². The zero-order chi connectivity index (χ0) is 27.9. The second kappa shape index (κ2) is 13.3. The molecule has 13 nitrogen and oxygen atoms in total. The maximum atomic E-state index is 13.2. The van der Waals surface area contributed by atoms with Crippen LogP contribution < -0.4 is 9.46 Å². The third-order valence-corrected chi connectivity index (χ3v) is 7.16. The van der Waals surface area contributed by atoms with Gasteiger partial charge >= 0.3 is 5.97 Å². The lowest BCUT2D eigenvalue weighted by Gasteiger charge is -2.44. The number of carbonyl (C=O) groups excluding carboxylic acids is 1. The van der Waals surface area contributed by atoms with Gasteiger partial charge in [-0.05, 0) is 45.0 Å². The van der Waals surface area contributed by atoms with Gasteiger partial charge in [0.25, 0.3) is 10.1 Å². The summed E-state index contributed by atoms with van der Waals surface area (Å²) >= 11 is 0. The molecule has 1 fully saturated rings. The minimum Gasteiger partial charge on any atom is -0.491 e. The summed E-state index contributed by atoms with van der Waals surface area (Å²) in [5.41, 5.74) is -0.975. The average Bonchev–Trinajstić information content (AvgIpc) is 2.82. The lowest BCUT2D eigenvalue weighted by Crippen LogP contribution is -2.63. The molecule has 1 aromatic rings. The van der Waals surface area contributed by atoms with E-state index >= 15 is 0 Å². The van der Waals surface area contributed by atoms with Gasteiger partial charge in [0.1, 0.15) is 36.7 Å². The highest BCUT2D eigenvalue weighted by Crippen LogP contribution is 2.29. The SMILES string of the molecule is CCOCCOc1ccc(S(=O)(=O)N[C@@H](C(=O)OC)[C@H]2OC(C)(C)CO[C@@H]2[C@@H](O)COS(C)(=O)=O)cc1. The first-order chi connectivity index (χ1) is 17.2. The molecule has 1 aromatic carbocycles. The predicted octanol–water partition coefficient (Wildman–Crippen LogP) is -0.178. The molecule has 212 valence electrons. The molecular weight excluding hydrogens is 534 g/mol. The van der Waals surface area contributed by atoms with Crippen molar-refractivity contribution in [2.24, 2.45) is 0 Å². The maximum absolute atomic E-state index is 13.2. The number of nitrogens with one attached hydrogen (secondary N) is 1. The molecule has 1 aliphatic heterocycles. The number of esters is 1. The molecule has 1 aliphatic rings. The summed E-state index contributed by atoms with van der Waals surface area (Å²) in [7, 11) is -7.14. The van der Waals surface area contributed by atoms with Crippen LogP contribution >= 0.6 is 0 Å². The number of carbonyl (C=O) groups is 1. The van der Waals surface area contributed by atoms with Gasteiger partial charge in [-0.15, -0.1) is 0 Å². The molecule has 0 amide bonds. The molecule has 15 heteroatoms. The lowest BCUT2D eigenvalue weighted by atomic mass is 9.97. The highest BCUT2D eigenvalue weighted by molar-refractivity contribution is 7.89. The summed E-state index contributed by atoms with van der Waals surface area (Å²) in [6.45, 7) is 5.61. The third-order valence-electron chi connectivity index (χ3n) is 5.13. The van der Waals surface area contributed by atoms with Crippen molar-refractivity contribution in [1.29, 1.82) is 0 Å². The molecule has 0 unspecified atom stereocenters. The molecule has 0 saturated carbocycles. The van der Waals surface area contributed by atoms with Crippen LogP contribution in [0, 0.1) is 0 Å². The Morgan fingerprint density at radius 2 is 1.81 bits per heavy atom. The number of rotatable bonds is 14. The maximum Gasteiger partial charge on any atom is 0.326 e. The third kappa shape index (κ3) is 9.76. The monoisotopic (exact) mass is 569 g/mol. The molecule has 0 radical (unpaired) electrons. The molecule has 0 aromatic heterocycles. The second-order valence-electron chi connectivity index (χ2n) is 8.81. The van der Waals surface area contributed by atoms with Crippen molar-refractivity contribution < 1.29 is 54.6 Å². The van der Waals surface area contributed by atoms with Gasteiger partial charge in [0, 0.05) is 6.61 Å². The van der Waals surface area contributed by atoms with Gasteiger partial charge in [-0.2, -0.15) is 13.1 Å². The van der Waals surface area contributed by atoms with Gasteiger partial charge in [-0.1, -0.05) is 0 Å². The van der Waals surface area contributed by atoms with E-state index in [0.717, 1.165) is 13.4 Å². The van der Waals surface area contributed by atoms with Crippen LogP contribution in [0.1, 0.15) is 20.8 Å². The van der Waals surface area contributed by atoms with Crippen molar-refractivity contribution >= 4 is 26.1 Å². The summed E-state index contributed by atoms with van der Waals surface area (Å²) in [6, 6.07) is 3.83. The molecule has 4 atom stereocenters. The van der Waals surface area contributed by atoms with Crippen LogP contribution in [-0.2, 0) is 48.1 Å². The van der Waals surface area contributed by atoms with E-state index in [1.165, 1.54) is 24.3 Å². The van der Waals surface area contributed by atoms with Gasteiger partial charge in [-0.3, -0.25) is 8.98 Å². The van der Waals surface area contributed by atoms with Gasteiger partial charge in [0.2, 0.25) is 10.0 Å². The Morgan fingerprint density at radius 3 is 2.38 bits per heavy atom. The number of hydrogen-bond acceptors (Lipinski definition) is 12. The lowest BCUT2D eigenvalue weighted by molar-refractivity contribution is -0.248. The molecule has 2 rings (SSSR count). The van der Waals surface area contributed by atoms with Crippen molar-refractivity contribution in [3.8, 4) is 5.75 Å². The molecule has 0 spiro atoms. The fraction of sp³-hybridized carbons (Fsp3) is 0.682. The van der Waals surface area contributed by atoms with E-state index < -0.39 is 62.7 Å². The highest BCUT2D eigenvalue weighted by Gasteiger charge is 2.48. The fourth-order valence-electron chi connectivity index (χ4n) is 3.43. The largest absolute Gasteiger partial charge is 0.491 e. The van der Waals surface area contributed by atoms with Crippen LogP contribution in [0.3, 0.4) is 0 Å². The predicted molar refractivity (Wildman–Crippen MR) is 130 cm³/mol. The van der Waals surface area contributed by atoms with Crippen molar-refractivity contribution in [2.45, 2.75) is 55.6 Å². The van der Waals surface area contributed by atoms with Gasteiger partial charge in [0.15, 0.2) is 0 Å². The quantitative estimate of drug-likeness (QED) is 0.172. The Hall–Kier alpha value is -1.85. The Bertz CT molecular complexity index is 1090. The van der Waals surface area contributed by atoms with E-state index in [1.54, 1.807) is 13.8 Å². The van der Waals surface area contributed by atoms with E-state index in [9.17, 15) is 26.7 Å². The minimum atomic E-state index is -4.31. The number of sulfonamides is 1. The molecule has 1 saturated heterocycles. The zero-order valence-electron chi connectivity index (χ0n) is 21.4. The summed E-state index contributed by atoms with van der Waals surface area (Å²) in [5.74, 6) is -0.588. The molecule has 37 heavy (non-hydrogen) atoms. The number of benzene rings is 1. The summed E-state index contributed by atoms with van der Waals surface area (Å²) < 4.78 is 83.1. The van der Waals surface area contributed by atoms with E-state index in [2.05, 4.69) is 8.91 Å². The topological polar surface area (TPSA) is 173 Å². The number of hydrogen-bond donors (Lipinski definition) is 2. The average molecular weight is 570 g/mol. The van der Waals surface area contributed by atoms with Crippen LogP contribution in [0.2, 0.25) is 0 Å². The Kier molecular flexibility index (Phi) is 11.3. The van der Waals surface area contributed by atoms with Crippen molar-refractivity contribution in [2.75, 3.05) is 46.4 Å². The van der Waals surface area contributed by atoms with Crippen LogP contribution in [0.15, 0.2) is 29.2 Å². The summed E-state index contributed by atoms with van der Waals surface area (Å²) in [6.07, 6.45) is -3.51. The van der Waals surface area contributed by atoms with Gasteiger partial charge < -0.3 is 28.8 Å². The molecule has 1 heterocycles. The van der Waals surface area contributed by atoms with Gasteiger partial charge in [-0.25, -0.2) is 8.42 Å². The van der Waals surface area contributed by atoms with Crippen LogP contribution in [0.4, 0.5) is 0 Å². The molecule has 2 N–H and O–H groups in total. The number of aliphatic hydroxyl groups excluding tert-OH is 1. The van der Waals surface area contributed by atoms with E-state index in [4.69, 9.17) is 23.7 Å². The first kappa shape index (κ1) is 31.4. The minimum absolute atomic E-state index is 0.0322. The highest BCUT2D eigenvalue weighted by atomic mass is 32.2. The smallest absolute Gasteiger partial charge is 0.326 e. The van der Waals surface area contributed by atoms with Crippen LogP contribution in [0.25, 0.3) is 0 Å². The van der Waals surface area contributed by atoms with Crippen LogP contribution in [0.5, 0.6) is 5.75 Å². The standard InChI is InChI=1S/C22H35NO12S2/c1-6-31-11-12-32-15-7-9-16(10-8-15)37(28,29)23-18(21(25)30-4)20-19(33-14-22(2,3)35-20)17(24)13-34-36(5,26)27/h7-10,17-20,23-24H,6,11-14H2,1-5H3/t17-,18+,19+,20+/m0/s1. The number of aliphatic hydroxyl groups is 1. The number of ether oxygens (including phenoxy) is 5. The molecule has 0 bridgehead atoms. The van der Waals surface area contributed by atoms with Crippen molar-refractivity contribution in [1.82, 2.24) is 4.72 Å². The Labute approximate surface area is 217 Å². The zero-order valence-corrected chi connectivity index (χ0v) is 23.0. The summed E-state index contributed by atoms with van der Waals surface area (Å²) in [5, 5.41) is 10.6. The number of methoxy groups -OCH3 is 1.